The van der Waals surface area contributed by atoms with Crippen molar-refractivity contribution in [2.75, 3.05) is 0 Å². The highest BCUT2D eigenvalue weighted by Crippen LogP contribution is 1.42. The average molecular weight is 144 g/mol. The van der Waals surface area contributed by atoms with E-state index in [0.29, 0.717) is 0 Å². The Labute approximate surface area is 62.9 Å². The van der Waals surface area contributed by atoms with Crippen molar-refractivity contribution in [2.24, 2.45) is 0 Å². The summed E-state index contributed by atoms with van der Waals surface area (Å²) in [5.74, 6) is -0.833. The second-order valence-electron chi connectivity index (χ2n) is 1.34. The van der Waals surface area contributed by atoms with Crippen molar-refractivity contribution in [3.8, 4) is 0 Å². The first-order valence-corrected chi connectivity index (χ1v) is 2.90. The maximum Gasteiger partial charge on any atom is 0.300 e. The number of hydrogen-bond acceptors (Lipinski definition) is 1. The first kappa shape index (κ1) is 16.0. The lowest BCUT2D eigenvalue weighted by molar-refractivity contribution is -0.134. The summed E-state index contributed by atoms with van der Waals surface area (Å²) in [6.45, 7) is 11.6. The van der Waals surface area contributed by atoms with Crippen molar-refractivity contribution in [2.45, 2.75) is 20.8 Å². The molecule has 0 amide bonds. The third-order valence-corrected chi connectivity index (χ3v) is 0. The lowest BCUT2D eigenvalue weighted by atomic mass is 10.8. The van der Waals surface area contributed by atoms with Crippen molar-refractivity contribution in [3.05, 3.63) is 25.3 Å². The highest BCUT2D eigenvalue weighted by molar-refractivity contribution is 5.62. The normalized spacial score (nSPS) is 5.10. The largest absolute Gasteiger partial charge is 0.481 e. The molecule has 10 heavy (non-hydrogen) atoms. The van der Waals surface area contributed by atoms with Crippen molar-refractivity contribution in [1.29, 1.82) is 0 Å². The number of rotatable bonds is 0. The first-order valence-electron chi connectivity index (χ1n) is 2.90. The molecule has 2 nitrogen and oxygen atoms in total. The molecule has 0 saturated heterocycles. The zero-order valence-electron chi connectivity index (χ0n) is 6.92. The Morgan fingerprint density at radius 3 is 1.30 bits per heavy atom. The molecule has 0 aromatic heterocycles. The lowest BCUT2D eigenvalue weighted by Crippen LogP contribution is -1.78. The minimum atomic E-state index is -0.833. The van der Waals surface area contributed by atoms with E-state index < -0.39 is 5.97 Å². The van der Waals surface area contributed by atoms with Crippen LogP contribution < -0.4 is 0 Å². The fourth-order valence-electron chi connectivity index (χ4n) is 0. The molecule has 0 aromatic carbocycles. The molecule has 60 valence electrons. The van der Waals surface area contributed by atoms with Gasteiger partial charge in [0, 0.05) is 6.92 Å². The van der Waals surface area contributed by atoms with Gasteiger partial charge in [-0.2, -0.15) is 0 Å². The molecule has 0 saturated carbocycles. The molecule has 0 aliphatic carbocycles. The molecular formula is C8H16O2. The molecule has 0 unspecified atom stereocenters. The van der Waals surface area contributed by atoms with Crippen LogP contribution in [0.15, 0.2) is 25.3 Å². The van der Waals surface area contributed by atoms with Gasteiger partial charge >= 0.3 is 0 Å². The second kappa shape index (κ2) is 24.6. The standard InChI is InChI=1S/2C3H6.C2H4O2/c2*1-3-2;1-2(3)4/h2*3H,1H2,2H3;1H3,(H,3,4). The molecule has 0 aromatic rings. The summed E-state index contributed by atoms with van der Waals surface area (Å²) in [5.41, 5.74) is 0. The molecule has 0 spiro atoms. The van der Waals surface area contributed by atoms with Crippen LogP contribution in [0, 0.1) is 0 Å². The van der Waals surface area contributed by atoms with Crippen molar-refractivity contribution >= 4 is 5.97 Å². The van der Waals surface area contributed by atoms with Crippen LogP contribution in [0.2, 0.25) is 0 Å². The van der Waals surface area contributed by atoms with Crippen LogP contribution >= 0.6 is 0 Å². The summed E-state index contributed by atoms with van der Waals surface area (Å²) in [5, 5.41) is 7.42. The van der Waals surface area contributed by atoms with E-state index in [4.69, 9.17) is 9.90 Å². The van der Waals surface area contributed by atoms with Crippen LogP contribution in [0.4, 0.5) is 0 Å². The summed E-state index contributed by atoms with van der Waals surface area (Å²) in [6.07, 6.45) is 3.50. The molecule has 0 heterocycles. The minimum Gasteiger partial charge on any atom is -0.481 e. The molecule has 0 rings (SSSR count). The summed E-state index contributed by atoms with van der Waals surface area (Å²) in [4.78, 5) is 9.00. The van der Waals surface area contributed by atoms with Crippen LogP contribution in [-0.4, -0.2) is 11.1 Å². The fourth-order valence-corrected chi connectivity index (χ4v) is 0. The average Bonchev–Trinajstić information content (AvgIpc) is 1.65. The van der Waals surface area contributed by atoms with Gasteiger partial charge in [0.2, 0.25) is 0 Å². The topological polar surface area (TPSA) is 37.3 Å². The van der Waals surface area contributed by atoms with E-state index in [1.165, 1.54) is 0 Å². The van der Waals surface area contributed by atoms with Crippen molar-refractivity contribution in [1.82, 2.24) is 0 Å². The summed E-state index contributed by atoms with van der Waals surface area (Å²) in [7, 11) is 0. The zero-order valence-corrected chi connectivity index (χ0v) is 6.92. The van der Waals surface area contributed by atoms with Crippen LogP contribution in [0.1, 0.15) is 20.8 Å². The van der Waals surface area contributed by atoms with Gasteiger partial charge < -0.3 is 5.11 Å². The van der Waals surface area contributed by atoms with Crippen LogP contribution in [0.3, 0.4) is 0 Å². The molecule has 0 aliphatic heterocycles. The molecular weight excluding hydrogens is 128 g/mol. The van der Waals surface area contributed by atoms with E-state index in [1.54, 1.807) is 12.2 Å². The Balaban J connectivity index is -0.0000000750. The third-order valence-electron chi connectivity index (χ3n) is 0. The van der Waals surface area contributed by atoms with Gasteiger partial charge in [0.15, 0.2) is 0 Å². The van der Waals surface area contributed by atoms with Gasteiger partial charge in [-0.25, -0.2) is 0 Å². The smallest absolute Gasteiger partial charge is 0.300 e. The summed E-state index contributed by atoms with van der Waals surface area (Å²) in [6, 6.07) is 0. The predicted octanol–water partition coefficient (Wildman–Crippen LogP) is 2.48. The van der Waals surface area contributed by atoms with Gasteiger partial charge in [0.05, 0.1) is 0 Å². The molecule has 2 heteroatoms. The maximum atomic E-state index is 9.00. The van der Waals surface area contributed by atoms with E-state index in [1.807, 2.05) is 13.8 Å². The highest BCUT2D eigenvalue weighted by Gasteiger charge is 1.65. The van der Waals surface area contributed by atoms with Gasteiger partial charge in [-0.1, -0.05) is 12.2 Å². The Kier molecular flexibility index (Phi) is 39.3. The van der Waals surface area contributed by atoms with E-state index in [0.717, 1.165) is 6.92 Å². The lowest BCUT2D eigenvalue weighted by Gasteiger charge is -1.59. The van der Waals surface area contributed by atoms with Gasteiger partial charge in [0.25, 0.3) is 5.97 Å². The monoisotopic (exact) mass is 144 g/mol. The third kappa shape index (κ3) is 223. The van der Waals surface area contributed by atoms with E-state index in [-0.39, 0.29) is 0 Å². The number of carboxylic acid groups (broad SMARTS) is 1. The summed E-state index contributed by atoms with van der Waals surface area (Å²) < 4.78 is 0. The van der Waals surface area contributed by atoms with Gasteiger partial charge in [0.1, 0.15) is 0 Å². The van der Waals surface area contributed by atoms with Crippen LogP contribution in [-0.2, 0) is 4.79 Å². The maximum absolute atomic E-state index is 9.00. The zero-order chi connectivity index (χ0) is 8.99. The molecule has 0 atom stereocenters. The van der Waals surface area contributed by atoms with Crippen molar-refractivity contribution < 1.29 is 9.90 Å². The van der Waals surface area contributed by atoms with Crippen LogP contribution in [0.5, 0.6) is 0 Å². The molecule has 0 fully saturated rings. The number of carboxylic acids is 1. The fraction of sp³-hybridized carbons (Fsp3) is 0.375. The van der Waals surface area contributed by atoms with Crippen LogP contribution in [0.25, 0.3) is 0 Å². The van der Waals surface area contributed by atoms with Gasteiger partial charge in [-0.05, 0) is 13.8 Å². The highest BCUT2D eigenvalue weighted by atomic mass is 16.4. The number of aliphatic carboxylic acids is 1. The number of allylic oxidation sites excluding steroid dienone is 2. The molecule has 0 aliphatic rings. The van der Waals surface area contributed by atoms with Gasteiger partial charge in [-0.15, -0.1) is 13.2 Å². The second-order valence-corrected chi connectivity index (χ2v) is 1.34. The Morgan fingerprint density at radius 1 is 1.30 bits per heavy atom. The van der Waals surface area contributed by atoms with E-state index >= 15 is 0 Å². The molecule has 1 N–H and O–H groups in total. The SMILES string of the molecule is C=CC.C=CC.CC(=O)O. The minimum absolute atomic E-state index is 0.833. The Hall–Kier alpha value is -1.05. The quantitative estimate of drug-likeness (QED) is 0.530. The molecule has 0 bridgehead atoms. The molecule has 0 radical (unpaired) electrons. The van der Waals surface area contributed by atoms with E-state index in [2.05, 4.69) is 13.2 Å². The predicted molar refractivity (Wildman–Crippen MR) is 45.1 cm³/mol. The Bertz CT molecular complexity index is 75.3. The Morgan fingerprint density at radius 2 is 1.30 bits per heavy atom. The van der Waals surface area contributed by atoms with Crippen molar-refractivity contribution in [3.63, 3.8) is 0 Å². The summed E-state index contributed by atoms with van der Waals surface area (Å²) >= 11 is 0. The number of carbonyl (C=O) groups is 1. The van der Waals surface area contributed by atoms with E-state index in [9.17, 15) is 0 Å². The number of hydrogen-bond donors (Lipinski definition) is 1. The first-order chi connectivity index (χ1) is 4.56. The van der Waals surface area contributed by atoms with Gasteiger partial charge in [-0.3, -0.25) is 4.79 Å².